The molecule has 0 radical (unpaired) electrons. The van der Waals surface area contributed by atoms with Crippen LogP contribution >= 0.6 is 0 Å². The fraction of sp³-hybridized carbons (Fsp3) is 0.143. The predicted molar refractivity (Wildman–Crippen MR) is 98.8 cm³/mol. The molecule has 28 heavy (non-hydrogen) atoms. The van der Waals surface area contributed by atoms with Gasteiger partial charge < -0.3 is 15.3 Å². The third kappa shape index (κ3) is 2.22. The number of anilines is 1. The van der Waals surface area contributed by atoms with E-state index in [2.05, 4.69) is 15.3 Å². The van der Waals surface area contributed by atoms with Gasteiger partial charge in [-0.2, -0.15) is 13.2 Å². The van der Waals surface area contributed by atoms with Gasteiger partial charge in [0, 0.05) is 29.2 Å². The highest BCUT2D eigenvalue weighted by atomic mass is 19.4. The molecular weight excluding hydrogens is 370 g/mol. The Labute approximate surface area is 157 Å². The monoisotopic (exact) mass is 385 g/mol. The van der Waals surface area contributed by atoms with Gasteiger partial charge in [-0.15, -0.1) is 0 Å². The van der Waals surface area contributed by atoms with Crippen LogP contribution in [0.25, 0.3) is 10.9 Å². The molecule has 0 amide bonds. The predicted octanol–water partition coefficient (Wildman–Crippen LogP) is 5.46. The Bertz CT molecular complexity index is 1170. The van der Waals surface area contributed by atoms with E-state index >= 15 is 0 Å². The van der Waals surface area contributed by atoms with E-state index in [1.54, 1.807) is 24.3 Å². The number of aromatic nitrogens is 2. The van der Waals surface area contributed by atoms with Crippen molar-refractivity contribution in [2.24, 2.45) is 0 Å². The minimum absolute atomic E-state index is 0.0285. The van der Waals surface area contributed by atoms with E-state index in [9.17, 15) is 17.6 Å². The van der Waals surface area contributed by atoms with Crippen molar-refractivity contribution in [1.29, 1.82) is 0 Å². The molecule has 7 heteroatoms. The number of rotatable bonds is 1. The lowest BCUT2D eigenvalue weighted by atomic mass is 9.87. The summed E-state index contributed by atoms with van der Waals surface area (Å²) >= 11 is 0. The first-order valence-electron chi connectivity index (χ1n) is 8.77. The maximum Gasteiger partial charge on any atom is 0.422 e. The molecule has 1 aliphatic rings. The number of benzene rings is 2. The molecule has 0 fully saturated rings. The first-order valence-corrected chi connectivity index (χ1v) is 8.77. The van der Waals surface area contributed by atoms with Crippen LogP contribution in [0.3, 0.4) is 0 Å². The number of alkyl halides is 3. The lowest BCUT2D eigenvalue weighted by Gasteiger charge is -2.36. The van der Waals surface area contributed by atoms with E-state index in [-0.39, 0.29) is 11.4 Å². The summed E-state index contributed by atoms with van der Waals surface area (Å²) in [7, 11) is 0. The number of nitrogens with one attached hydrogen (secondary N) is 3. The Hall–Kier alpha value is -3.22. The summed E-state index contributed by atoms with van der Waals surface area (Å²) in [5, 5.41) is 3.34. The molecule has 3 N–H and O–H groups in total. The van der Waals surface area contributed by atoms with Crippen LogP contribution in [-0.4, -0.2) is 16.1 Å². The zero-order valence-electron chi connectivity index (χ0n) is 14.5. The number of halogens is 4. The molecule has 0 aliphatic carbocycles. The maximum absolute atomic E-state index is 14.7. The molecule has 2 aromatic carbocycles. The van der Waals surface area contributed by atoms with E-state index in [0.29, 0.717) is 28.6 Å². The third-order valence-electron chi connectivity index (χ3n) is 5.38. The first-order chi connectivity index (χ1) is 13.4. The lowest BCUT2D eigenvalue weighted by molar-refractivity contribution is -0.171. The van der Waals surface area contributed by atoms with E-state index in [4.69, 9.17) is 0 Å². The van der Waals surface area contributed by atoms with E-state index in [1.807, 2.05) is 0 Å². The summed E-state index contributed by atoms with van der Waals surface area (Å²) in [6, 6.07) is 13.9. The standard InChI is InChI=1S/C21H15F4N3/c22-13-7-8-14-15-10-12-4-1-2-5-16(12)28-20(21(23,24)25,18-6-3-9-26-18)19(15)27-17(14)11-13/h1-9,11,26-28H,10H2. The van der Waals surface area contributed by atoms with Crippen molar-refractivity contribution < 1.29 is 17.6 Å². The lowest BCUT2D eigenvalue weighted by Crippen LogP contribution is -2.50. The highest BCUT2D eigenvalue weighted by molar-refractivity contribution is 5.87. The van der Waals surface area contributed by atoms with Crippen LogP contribution in [0.5, 0.6) is 0 Å². The Morgan fingerprint density at radius 2 is 1.79 bits per heavy atom. The van der Waals surface area contributed by atoms with Gasteiger partial charge in [-0.05, 0) is 47.5 Å². The van der Waals surface area contributed by atoms with Crippen molar-refractivity contribution in [2.45, 2.75) is 18.1 Å². The van der Waals surface area contributed by atoms with Crippen LogP contribution in [0.1, 0.15) is 22.5 Å². The average molecular weight is 385 g/mol. The smallest absolute Gasteiger partial charge is 0.362 e. The van der Waals surface area contributed by atoms with Crippen molar-refractivity contribution in [3.05, 3.63) is 89.1 Å². The topological polar surface area (TPSA) is 43.6 Å². The highest BCUT2D eigenvalue weighted by Crippen LogP contribution is 2.50. The van der Waals surface area contributed by atoms with Crippen LogP contribution in [0, 0.1) is 5.82 Å². The molecule has 0 saturated heterocycles. The van der Waals surface area contributed by atoms with E-state index < -0.39 is 17.5 Å². The van der Waals surface area contributed by atoms with Gasteiger partial charge in [0.05, 0.1) is 11.4 Å². The van der Waals surface area contributed by atoms with Gasteiger partial charge in [-0.3, -0.25) is 0 Å². The Morgan fingerprint density at radius 3 is 2.54 bits per heavy atom. The Kier molecular flexibility index (Phi) is 3.41. The van der Waals surface area contributed by atoms with Gasteiger partial charge in [0.25, 0.3) is 0 Å². The van der Waals surface area contributed by atoms with Gasteiger partial charge >= 0.3 is 6.18 Å². The summed E-state index contributed by atoms with van der Waals surface area (Å²) in [6.45, 7) is 0. The van der Waals surface area contributed by atoms with E-state index in [0.717, 1.165) is 5.56 Å². The number of para-hydroxylation sites is 1. The van der Waals surface area contributed by atoms with Gasteiger partial charge in [0.2, 0.25) is 5.54 Å². The molecule has 3 heterocycles. The average Bonchev–Trinajstić information content (AvgIpc) is 3.26. The Balaban J connectivity index is 1.93. The molecular formula is C21H15F4N3. The van der Waals surface area contributed by atoms with Crippen LogP contribution in [-0.2, 0) is 12.0 Å². The minimum atomic E-state index is -4.68. The molecule has 1 unspecified atom stereocenters. The van der Waals surface area contributed by atoms with Crippen molar-refractivity contribution in [3.8, 4) is 0 Å². The van der Waals surface area contributed by atoms with Crippen LogP contribution < -0.4 is 5.32 Å². The van der Waals surface area contributed by atoms with Gasteiger partial charge in [-0.1, -0.05) is 18.2 Å². The molecule has 1 atom stereocenters. The van der Waals surface area contributed by atoms with Crippen LogP contribution in [0.15, 0.2) is 60.8 Å². The number of fused-ring (bicyclic) bond motifs is 4. The maximum atomic E-state index is 14.7. The molecule has 3 nitrogen and oxygen atoms in total. The summed E-state index contributed by atoms with van der Waals surface area (Å²) < 4.78 is 58.0. The highest BCUT2D eigenvalue weighted by Gasteiger charge is 2.61. The third-order valence-corrected chi connectivity index (χ3v) is 5.38. The van der Waals surface area contributed by atoms with Crippen LogP contribution in [0.2, 0.25) is 0 Å². The van der Waals surface area contributed by atoms with Crippen molar-refractivity contribution >= 4 is 16.6 Å². The zero-order chi connectivity index (χ0) is 19.5. The van der Waals surface area contributed by atoms with Gasteiger partial charge in [-0.25, -0.2) is 4.39 Å². The van der Waals surface area contributed by atoms with Crippen molar-refractivity contribution in [2.75, 3.05) is 5.32 Å². The number of hydrogen-bond donors (Lipinski definition) is 3. The molecule has 1 aliphatic heterocycles. The van der Waals surface area contributed by atoms with Crippen molar-refractivity contribution in [1.82, 2.24) is 9.97 Å². The number of aromatic amines is 2. The second-order valence-corrected chi connectivity index (χ2v) is 6.96. The molecule has 0 saturated carbocycles. The molecule has 0 bridgehead atoms. The molecule has 142 valence electrons. The fourth-order valence-electron chi connectivity index (χ4n) is 4.11. The quantitative estimate of drug-likeness (QED) is 0.375. The molecule has 4 aromatic rings. The minimum Gasteiger partial charge on any atom is -0.362 e. The molecule has 2 aromatic heterocycles. The summed E-state index contributed by atoms with van der Waals surface area (Å²) in [5.41, 5.74) is -0.593. The SMILES string of the molecule is Fc1ccc2c3c([nH]c2c1)C(c1ccc[nH]1)(C(F)(F)F)Nc1ccccc1C3. The van der Waals surface area contributed by atoms with Crippen LogP contribution in [0.4, 0.5) is 23.2 Å². The normalized spacial score (nSPS) is 19.0. The summed E-state index contributed by atoms with van der Waals surface area (Å²) in [4.78, 5) is 5.61. The molecule has 0 spiro atoms. The first kappa shape index (κ1) is 16.9. The van der Waals surface area contributed by atoms with Crippen molar-refractivity contribution in [3.63, 3.8) is 0 Å². The van der Waals surface area contributed by atoms with Gasteiger partial charge in [0.15, 0.2) is 0 Å². The fourth-order valence-corrected chi connectivity index (χ4v) is 4.11. The van der Waals surface area contributed by atoms with E-state index in [1.165, 1.54) is 36.5 Å². The summed E-state index contributed by atoms with van der Waals surface area (Å²) in [5.74, 6) is -0.505. The largest absolute Gasteiger partial charge is 0.422 e. The van der Waals surface area contributed by atoms with Gasteiger partial charge in [0.1, 0.15) is 5.82 Å². The number of hydrogen-bond acceptors (Lipinski definition) is 1. The number of H-pyrrole nitrogens is 2. The summed E-state index contributed by atoms with van der Waals surface area (Å²) in [6.07, 6.45) is -2.92. The molecule has 5 rings (SSSR count). The second kappa shape index (κ2) is 5.64. The zero-order valence-corrected chi connectivity index (χ0v) is 14.5. The second-order valence-electron chi connectivity index (χ2n) is 6.96. The Morgan fingerprint density at radius 1 is 0.964 bits per heavy atom.